The van der Waals surface area contributed by atoms with E-state index in [4.69, 9.17) is 14.5 Å². The molecule has 4 rings (SSSR count). The van der Waals surface area contributed by atoms with Gasteiger partial charge in [-0.2, -0.15) is 0 Å². The Morgan fingerprint density at radius 2 is 1.72 bits per heavy atom. The molecule has 5 heteroatoms. The Morgan fingerprint density at radius 1 is 1.03 bits per heavy atom. The van der Waals surface area contributed by atoms with Gasteiger partial charge in [0.1, 0.15) is 11.7 Å². The summed E-state index contributed by atoms with van der Waals surface area (Å²) in [6.45, 7) is 5.77. The number of ketones is 1. The number of Topliss-reactive ketones (excluding diaryl/α,β-unsaturated/α-hetero) is 1. The Bertz CT molecular complexity index is 1080. The highest BCUT2D eigenvalue weighted by molar-refractivity contribution is 6.09. The summed E-state index contributed by atoms with van der Waals surface area (Å²) in [6.07, 6.45) is 1.03. The summed E-state index contributed by atoms with van der Waals surface area (Å²) in [5, 5.41) is 0. The van der Waals surface area contributed by atoms with Crippen molar-refractivity contribution in [1.82, 2.24) is 0 Å². The van der Waals surface area contributed by atoms with Crippen molar-refractivity contribution in [2.45, 2.75) is 51.6 Å². The average Bonchev–Trinajstić information content (AvgIpc) is 2.78. The third kappa shape index (κ3) is 4.12. The molecule has 0 saturated carbocycles. The molecule has 0 radical (unpaired) electrons. The second-order valence-corrected chi connectivity index (χ2v) is 8.74. The maximum atomic E-state index is 13.6. The third-order valence-electron chi connectivity index (χ3n) is 6.23. The van der Waals surface area contributed by atoms with Gasteiger partial charge in [0, 0.05) is 34.9 Å². The number of ether oxygens (including phenoxy) is 2. The van der Waals surface area contributed by atoms with Crippen molar-refractivity contribution in [2.24, 2.45) is 10.9 Å². The summed E-state index contributed by atoms with van der Waals surface area (Å²) in [5.41, 5.74) is 4.02. The van der Waals surface area contributed by atoms with Crippen LogP contribution in [-0.4, -0.2) is 30.7 Å². The lowest BCUT2D eigenvalue weighted by Crippen LogP contribution is -2.38. The number of allylic oxidation sites excluding steroid dienone is 2. The Morgan fingerprint density at radius 3 is 2.41 bits per heavy atom. The van der Waals surface area contributed by atoms with Crippen LogP contribution in [0.5, 0.6) is 5.75 Å². The number of carbonyl (C=O) groups excluding carboxylic acids is 2. The fraction of sp³-hybridized carbons (Fsp3) is 0.370. The van der Waals surface area contributed by atoms with Crippen LogP contribution >= 0.6 is 0 Å². The number of aliphatic imine (C=N–C) groups is 1. The van der Waals surface area contributed by atoms with Gasteiger partial charge in [-0.25, -0.2) is 0 Å². The number of para-hydroxylation sites is 1. The van der Waals surface area contributed by atoms with E-state index in [0.717, 1.165) is 16.8 Å². The summed E-state index contributed by atoms with van der Waals surface area (Å²) < 4.78 is 11.2. The monoisotopic (exact) mass is 431 g/mol. The van der Waals surface area contributed by atoms with Crippen LogP contribution in [0.1, 0.15) is 56.6 Å². The molecule has 5 nitrogen and oxygen atoms in total. The maximum absolute atomic E-state index is 13.6. The van der Waals surface area contributed by atoms with Gasteiger partial charge in [0.25, 0.3) is 0 Å². The number of methoxy groups -OCH3 is 1. The van der Waals surface area contributed by atoms with Gasteiger partial charge in [0.2, 0.25) is 0 Å². The molecule has 1 heterocycles. The molecule has 2 aromatic carbocycles. The van der Waals surface area contributed by atoms with E-state index in [0.29, 0.717) is 29.9 Å². The first-order chi connectivity index (χ1) is 15.4. The van der Waals surface area contributed by atoms with Crippen molar-refractivity contribution in [3.05, 3.63) is 77.0 Å². The lowest BCUT2D eigenvalue weighted by atomic mass is 9.69. The molecule has 2 aliphatic rings. The van der Waals surface area contributed by atoms with E-state index in [1.165, 1.54) is 7.11 Å². The van der Waals surface area contributed by atoms with E-state index in [1.54, 1.807) is 0 Å². The second kappa shape index (κ2) is 9.11. The average molecular weight is 432 g/mol. The van der Waals surface area contributed by atoms with Gasteiger partial charge in [-0.05, 0) is 44.7 Å². The first-order valence-electron chi connectivity index (χ1n) is 11.1. The van der Waals surface area contributed by atoms with E-state index < -0.39 is 11.8 Å². The minimum absolute atomic E-state index is 0.0367. The Balaban J connectivity index is 1.85. The van der Waals surface area contributed by atoms with Gasteiger partial charge in [-0.15, -0.1) is 0 Å². The first kappa shape index (κ1) is 22.0. The quantitative estimate of drug-likeness (QED) is 0.609. The normalized spacial score (nSPS) is 23.0. The topological polar surface area (TPSA) is 65.0 Å². The van der Waals surface area contributed by atoms with Crippen molar-refractivity contribution in [3.8, 4) is 5.75 Å². The van der Waals surface area contributed by atoms with Crippen molar-refractivity contribution in [1.29, 1.82) is 0 Å². The lowest BCUT2D eigenvalue weighted by molar-refractivity contribution is -0.143. The third-order valence-corrected chi connectivity index (χ3v) is 6.23. The lowest BCUT2D eigenvalue weighted by Gasteiger charge is -2.37. The summed E-state index contributed by atoms with van der Waals surface area (Å²) in [4.78, 5) is 31.2. The minimum atomic E-state index is -0.659. The smallest absolute Gasteiger partial charge is 0.315 e. The number of rotatable bonds is 5. The highest BCUT2D eigenvalue weighted by Crippen LogP contribution is 2.48. The summed E-state index contributed by atoms with van der Waals surface area (Å²) in [6, 6.07) is 17.7. The van der Waals surface area contributed by atoms with Gasteiger partial charge in [-0.3, -0.25) is 14.6 Å². The van der Waals surface area contributed by atoms with E-state index in [2.05, 4.69) is 12.1 Å². The van der Waals surface area contributed by atoms with E-state index in [1.807, 2.05) is 63.2 Å². The zero-order valence-electron chi connectivity index (χ0n) is 19.0. The molecule has 1 aliphatic carbocycles. The van der Waals surface area contributed by atoms with Crippen LogP contribution in [-0.2, 0) is 14.3 Å². The second-order valence-electron chi connectivity index (χ2n) is 8.74. The van der Waals surface area contributed by atoms with Crippen LogP contribution in [0.3, 0.4) is 0 Å². The number of hydrogen-bond acceptors (Lipinski definition) is 5. The molecule has 0 amide bonds. The van der Waals surface area contributed by atoms with Crippen molar-refractivity contribution < 1.29 is 19.1 Å². The molecule has 0 bridgehead atoms. The van der Waals surface area contributed by atoms with Gasteiger partial charge in [0.15, 0.2) is 5.78 Å². The van der Waals surface area contributed by atoms with Crippen LogP contribution in [0, 0.1) is 5.92 Å². The number of carbonyl (C=O) groups is 2. The molecule has 0 saturated heterocycles. The summed E-state index contributed by atoms with van der Waals surface area (Å²) >= 11 is 0. The molecule has 166 valence electrons. The molecule has 1 aliphatic heterocycles. The highest BCUT2D eigenvalue weighted by atomic mass is 16.5. The zero-order valence-corrected chi connectivity index (χ0v) is 19.0. The molecule has 0 spiro atoms. The molecule has 0 fully saturated rings. The summed E-state index contributed by atoms with van der Waals surface area (Å²) in [5.74, 6) is -0.728. The van der Waals surface area contributed by atoms with E-state index in [-0.39, 0.29) is 23.8 Å². The van der Waals surface area contributed by atoms with Gasteiger partial charge < -0.3 is 9.47 Å². The molecular weight excluding hydrogens is 402 g/mol. The van der Waals surface area contributed by atoms with Crippen molar-refractivity contribution >= 4 is 17.5 Å². The fourth-order valence-electron chi connectivity index (χ4n) is 4.89. The van der Waals surface area contributed by atoms with Crippen LogP contribution in [0.25, 0.3) is 0 Å². The Hall–Kier alpha value is -3.21. The molecule has 3 unspecified atom stereocenters. The SMILES string of the molecule is COC(=O)C1C(C)=NC2=C(C(=O)CC(c3ccccc3)C2)C1c1ccccc1OC(C)C. The number of nitrogens with zero attached hydrogens (tertiary/aromatic N) is 1. The van der Waals surface area contributed by atoms with Crippen molar-refractivity contribution in [3.63, 3.8) is 0 Å². The molecule has 3 atom stereocenters. The van der Waals surface area contributed by atoms with Crippen molar-refractivity contribution in [2.75, 3.05) is 7.11 Å². The van der Waals surface area contributed by atoms with E-state index >= 15 is 0 Å². The standard InChI is InChI=1S/C27H29NO4/c1-16(2)32-23-13-9-8-12-20(23)25-24(27(30)31-4)17(3)28-21-14-19(15-22(29)26(21)25)18-10-6-5-7-11-18/h5-13,16,19,24-25H,14-15H2,1-4H3. The summed E-state index contributed by atoms with van der Waals surface area (Å²) in [7, 11) is 1.38. The highest BCUT2D eigenvalue weighted by Gasteiger charge is 2.45. The van der Waals surface area contributed by atoms with Crippen LogP contribution in [0.15, 0.2) is 70.9 Å². The zero-order chi connectivity index (χ0) is 22.8. The largest absolute Gasteiger partial charge is 0.491 e. The number of hydrogen-bond donors (Lipinski definition) is 0. The van der Waals surface area contributed by atoms with Crippen LogP contribution in [0.2, 0.25) is 0 Å². The molecular formula is C27H29NO4. The Kier molecular flexibility index (Phi) is 6.26. The minimum Gasteiger partial charge on any atom is -0.491 e. The maximum Gasteiger partial charge on any atom is 0.315 e. The number of benzene rings is 2. The molecule has 0 N–H and O–H groups in total. The van der Waals surface area contributed by atoms with Gasteiger partial charge >= 0.3 is 5.97 Å². The molecule has 0 aromatic heterocycles. The molecule has 32 heavy (non-hydrogen) atoms. The predicted molar refractivity (Wildman–Crippen MR) is 124 cm³/mol. The van der Waals surface area contributed by atoms with Gasteiger partial charge in [-0.1, -0.05) is 48.5 Å². The van der Waals surface area contributed by atoms with E-state index in [9.17, 15) is 9.59 Å². The van der Waals surface area contributed by atoms with Crippen LogP contribution < -0.4 is 4.74 Å². The predicted octanol–water partition coefficient (Wildman–Crippen LogP) is 5.22. The number of esters is 1. The van der Waals surface area contributed by atoms with Gasteiger partial charge in [0.05, 0.1) is 13.2 Å². The fourth-order valence-corrected chi connectivity index (χ4v) is 4.89. The molecule has 2 aromatic rings. The van der Waals surface area contributed by atoms with Crippen LogP contribution in [0.4, 0.5) is 0 Å². The Labute approximate surface area is 189 Å². The first-order valence-corrected chi connectivity index (χ1v) is 11.1.